The summed E-state index contributed by atoms with van der Waals surface area (Å²) in [4.78, 5) is 17.2. The summed E-state index contributed by atoms with van der Waals surface area (Å²) in [6.45, 7) is 6.80. The maximum absolute atomic E-state index is 13.0. The van der Waals surface area contributed by atoms with Gasteiger partial charge in [0.05, 0.1) is 13.2 Å². The normalized spacial score (nSPS) is 16.6. The van der Waals surface area contributed by atoms with E-state index in [0.29, 0.717) is 17.0 Å². The quantitative estimate of drug-likeness (QED) is 0.737. The van der Waals surface area contributed by atoms with Gasteiger partial charge in [-0.3, -0.25) is 9.69 Å². The molecule has 1 aromatic heterocycles. The number of morpholine rings is 1. The molecule has 25 heavy (non-hydrogen) atoms. The number of benzene rings is 1. The maximum atomic E-state index is 13.0. The molecule has 5 nitrogen and oxygen atoms in total. The van der Waals surface area contributed by atoms with Gasteiger partial charge in [-0.1, -0.05) is 30.3 Å². The SMILES string of the molecule is CC(CN1CCOCC1)N(Cc1ccccc1)C(=O)c1ccc(Br)o1. The lowest BCUT2D eigenvalue weighted by atomic mass is 10.1. The summed E-state index contributed by atoms with van der Waals surface area (Å²) in [7, 11) is 0. The lowest BCUT2D eigenvalue weighted by Crippen LogP contribution is -2.47. The van der Waals surface area contributed by atoms with Crippen LogP contribution in [-0.2, 0) is 11.3 Å². The zero-order chi connectivity index (χ0) is 17.6. The molecule has 1 unspecified atom stereocenters. The molecule has 2 heterocycles. The van der Waals surface area contributed by atoms with Gasteiger partial charge in [-0.25, -0.2) is 0 Å². The molecule has 1 saturated heterocycles. The molecule has 0 spiro atoms. The third-order valence-electron chi connectivity index (χ3n) is 4.40. The van der Waals surface area contributed by atoms with Crippen molar-refractivity contribution in [2.45, 2.75) is 19.5 Å². The van der Waals surface area contributed by atoms with Crippen LogP contribution in [0.2, 0.25) is 0 Å². The molecule has 1 aliphatic rings. The second kappa shape index (κ2) is 8.65. The Bertz CT molecular complexity index is 683. The van der Waals surface area contributed by atoms with Crippen molar-refractivity contribution in [1.29, 1.82) is 0 Å². The molecule has 1 amide bonds. The Morgan fingerprint density at radius 1 is 1.20 bits per heavy atom. The lowest BCUT2D eigenvalue weighted by Gasteiger charge is -2.34. The minimum Gasteiger partial charge on any atom is -0.444 e. The Kier molecular flexibility index (Phi) is 6.29. The molecular formula is C19H23BrN2O3. The molecule has 2 aromatic rings. The van der Waals surface area contributed by atoms with E-state index in [1.165, 1.54) is 0 Å². The average molecular weight is 407 g/mol. The number of carbonyl (C=O) groups excluding carboxylic acids is 1. The van der Waals surface area contributed by atoms with Crippen LogP contribution < -0.4 is 0 Å². The molecule has 1 fully saturated rings. The van der Waals surface area contributed by atoms with E-state index < -0.39 is 0 Å². The van der Waals surface area contributed by atoms with Gasteiger partial charge in [0.1, 0.15) is 0 Å². The first-order chi connectivity index (χ1) is 12.1. The third kappa shape index (κ3) is 4.93. The monoisotopic (exact) mass is 406 g/mol. The number of ether oxygens (including phenoxy) is 1. The second-order valence-corrected chi connectivity index (χ2v) is 7.07. The Balaban J connectivity index is 1.76. The van der Waals surface area contributed by atoms with Crippen molar-refractivity contribution < 1.29 is 13.9 Å². The molecule has 3 rings (SSSR count). The van der Waals surface area contributed by atoms with Gasteiger partial charge in [0.2, 0.25) is 0 Å². The van der Waals surface area contributed by atoms with Gasteiger partial charge in [-0.05, 0) is 40.5 Å². The molecule has 1 aliphatic heterocycles. The van der Waals surface area contributed by atoms with E-state index in [1.807, 2.05) is 35.2 Å². The van der Waals surface area contributed by atoms with E-state index in [1.54, 1.807) is 12.1 Å². The highest BCUT2D eigenvalue weighted by molar-refractivity contribution is 9.10. The summed E-state index contributed by atoms with van der Waals surface area (Å²) in [6.07, 6.45) is 0. The van der Waals surface area contributed by atoms with E-state index in [-0.39, 0.29) is 11.9 Å². The van der Waals surface area contributed by atoms with Crippen LogP contribution in [0.4, 0.5) is 0 Å². The highest BCUT2D eigenvalue weighted by Crippen LogP contribution is 2.19. The number of rotatable bonds is 6. The van der Waals surface area contributed by atoms with Crippen LogP contribution in [0.3, 0.4) is 0 Å². The highest BCUT2D eigenvalue weighted by atomic mass is 79.9. The summed E-state index contributed by atoms with van der Waals surface area (Å²) in [5, 5.41) is 0. The number of furan rings is 1. The Morgan fingerprint density at radius 3 is 2.56 bits per heavy atom. The van der Waals surface area contributed by atoms with Gasteiger partial charge >= 0.3 is 0 Å². The van der Waals surface area contributed by atoms with E-state index in [2.05, 4.69) is 27.8 Å². The summed E-state index contributed by atoms with van der Waals surface area (Å²) in [6, 6.07) is 13.6. The van der Waals surface area contributed by atoms with Gasteiger partial charge in [0.15, 0.2) is 10.4 Å². The molecule has 134 valence electrons. The molecule has 6 heteroatoms. The molecule has 0 bridgehead atoms. The Labute approximate surface area is 156 Å². The van der Waals surface area contributed by atoms with Crippen LogP contribution in [0.5, 0.6) is 0 Å². The molecule has 0 N–H and O–H groups in total. The van der Waals surface area contributed by atoms with Crippen LogP contribution in [0.15, 0.2) is 51.6 Å². The smallest absolute Gasteiger partial charge is 0.290 e. The zero-order valence-electron chi connectivity index (χ0n) is 14.4. The fraction of sp³-hybridized carbons (Fsp3) is 0.421. The van der Waals surface area contributed by atoms with Crippen molar-refractivity contribution in [3.05, 3.63) is 58.5 Å². The predicted octanol–water partition coefficient (Wildman–Crippen LogP) is 3.41. The zero-order valence-corrected chi connectivity index (χ0v) is 15.9. The van der Waals surface area contributed by atoms with E-state index in [9.17, 15) is 4.79 Å². The highest BCUT2D eigenvalue weighted by Gasteiger charge is 2.26. The summed E-state index contributed by atoms with van der Waals surface area (Å²) in [5.74, 6) is 0.270. The molecule has 1 atom stereocenters. The van der Waals surface area contributed by atoms with Crippen LogP contribution in [0, 0.1) is 0 Å². The Hall–Kier alpha value is -1.63. The van der Waals surface area contributed by atoms with E-state index in [4.69, 9.17) is 9.15 Å². The lowest BCUT2D eigenvalue weighted by molar-refractivity contribution is 0.0221. The molecule has 0 saturated carbocycles. The summed E-state index contributed by atoms with van der Waals surface area (Å²) in [5.41, 5.74) is 1.11. The largest absolute Gasteiger partial charge is 0.444 e. The van der Waals surface area contributed by atoms with Crippen molar-refractivity contribution in [2.24, 2.45) is 0 Å². The van der Waals surface area contributed by atoms with Gasteiger partial charge in [0.25, 0.3) is 5.91 Å². The van der Waals surface area contributed by atoms with Gasteiger partial charge in [-0.15, -0.1) is 0 Å². The molecule has 1 aromatic carbocycles. The minimum absolute atomic E-state index is 0.0645. The fourth-order valence-electron chi connectivity index (χ4n) is 3.03. The molecule has 0 aliphatic carbocycles. The fourth-order valence-corrected chi connectivity index (χ4v) is 3.34. The van der Waals surface area contributed by atoms with Crippen LogP contribution in [0.25, 0.3) is 0 Å². The van der Waals surface area contributed by atoms with Gasteiger partial charge < -0.3 is 14.1 Å². The first-order valence-corrected chi connectivity index (χ1v) is 9.33. The average Bonchev–Trinajstić information content (AvgIpc) is 3.07. The number of carbonyl (C=O) groups is 1. The van der Waals surface area contributed by atoms with Crippen molar-refractivity contribution in [3.8, 4) is 0 Å². The van der Waals surface area contributed by atoms with Crippen LogP contribution in [-0.4, -0.2) is 54.6 Å². The van der Waals surface area contributed by atoms with Crippen LogP contribution in [0.1, 0.15) is 23.0 Å². The van der Waals surface area contributed by atoms with E-state index in [0.717, 1.165) is 38.4 Å². The summed E-state index contributed by atoms with van der Waals surface area (Å²) < 4.78 is 11.5. The number of hydrogen-bond acceptors (Lipinski definition) is 4. The third-order valence-corrected chi connectivity index (χ3v) is 4.82. The first kappa shape index (κ1) is 18.2. The van der Waals surface area contributed by atoms with Crippen molar-refractivity contribution in [2.75, 3.05) is 32.8 Å². The molecule has 0 radical (unpaired) electrons. The van der Waals surface area contributed by atoms with Gasteiger partial charge in [0, 0.05) is 32.2 Å². The Morgan fingerprint density at radius 2 is 1.92 bits per heavy atom. The number of amides is 1. The molecular weight excluding hydrogens is 384 g/mol. The predicted molar refractivity (Wildman–Crippen MR) is 99.4 cm³/mol. The summed E-state index contributed by atoms with van der Waals surface area (Å²) >= 11 is 3.27. The number of nitrogens with zero attached hydrogens (tertiary/aromatic N) is 2. The number of halogens is 1. The van der Waals surface area contributed by atoms with Crippen LogP contribution >= 0.6 is 15.9 Å². The van der Waals surface area contributed by atoms with Crippen molar-refractivity contribution in [3.63, 3.8) is 0 Å². The van der Waals surface area contributed by atoms with Crippen molar-refractivity contribution in [1.82, 2.24) is 9.80 Å². The second-order valence-electron chi connectivity index (χ2n) is 6.28. The first-order valence-electron chi connectivity index (χ1n) is 8.54. The van der Waals surface area contributed by atoms with Gasteiger partial charge in [-0.2, -0.15) is 0 Å². The minimum atomic E-state index is -0.0877. The standard InChI is InChI=1S/C19H23BrN2O3/c1-15(13-21-9-11-24-12-10-21)22(14-16-5-3-2-4-6-16)19(23)17-7-8-18(20)25-17/h2-8,15H,9-14H2,1H3. The topological polar surface area (TPSA) is 45.9 Å². The number of hydrogen-bond donors (Lipinski definition) is 0. The maximum Gasteiger partial charge on any atom is 0.290 e. The van der Waals surface area contributed by atoms with E-state index >= 15 is 0 Å². The van der Waals surface area contributed by atoms with Crippen molar-refractivity contribution >= 4 is 21.8 Å².